The van der Waals surface area contributed by atoms with Crippen LogP contribution in [-0.4, -0.2) is 96.4 Å². The Hall–Kier alpha value is -3.95. The largest absolute Gasteiger partial charge is 0.508 e. The number of anilines is 1. The Kier molecular flexibility index (Phi) is 9.43. The lowest BCUT2D eigenvalue weighted by molar-refractivity contribution is -0.126. The summed E-state index contributed by atoms with van der Waals surface area (Å²) in [4.78, 5) is 28.7. The SMILES string of the molecule is C=CC(=O)N1CCN(c2nc(OCCCN3CCOCC3)nc3c2CCC(Cc2c(C)c(O)cc4ccccc24)=CC3)CC1. The summed E-state index contributed by atoms with van der Waals surface area (Å²) in [5.74, 6) is 1.24. The van der Waals surface area contributed by atoms with Crippen molar-refractivity contribution in [1.82, 2.24) is 19.8 Å². The molecular weight excluding hydrogens is 554 g/mol. The van der Waals surface area contributed by atoms with Crippen LogP contribution in [0.3, 0.4) is 0 Å². The zero-order valence-electron chi connectivity index (χ0n) is 25.8. The number of ether oxygens (including phenoxy) is 2. The van der Waals surface area contributed by atoms with Crippen LogP contribution in [0.15, 0.2) is 54.6 Å². The van der Waals surface area contributed by atoms with Gasteiger partial charge in [-0.25, -0.2) is 0 Å². The van der Waals surface area contributed by atoms with Crippen LogP contribution in [0.2, 0.25) is 0 Å². The van der Waals surface area contributed by atoms with E-state index in [2.05, 4.69) is 40.7 Å². The highest BCUT2D eigenvalue weighted by atomic mass is 16.5. The number of phenols is 1. The molecule has 1 aromatic heterocycles. The minimum absolute atomic E-state index is 0.0286. The Morgan fingerprint density at radius 3 is 2.68 bits per heavy atom. The van der Waals surface area contributed by atoms with Crippen molar-refractivity contribution in [3.63, 3.8) is 0 Å². The van der Waals surface area contributed by atoms with Crippen molar-refractivity contribution in [2.24, 2.45) is 0 Å². The van der Waals surface area contributed by atoms with Gasteiger partial charge in [0.2, 0.25) is 5.91 Å². The highest BCUT2D eigenvalue weighted by Crippen LogP contribution is 2.35. The topological polar surface area (TPSA) is 91.3 Å². The van der Waals surface area contributed by atoms with Crippen molar-refractivity contribution in [2.45, 2.75) is 39.0 Å². The lowest BCUT2D eigenvalue weighted by atomic mass is 9.92. The Morgan fingerprint density at radius 1 is 1.09 bits per heavy atom. The summed E-state index contributed by atoms with van der Waals surface area (Å²) in [6, 6.07) is 10.6. The molecule has 0 unspecified atom stereocenters. The molecule has 0 spiro atoms. The number of carbonyl (C=O) groups is 1. The van der Waals surface area contributed by atoms with Crippen molar-refractivity contribution in [3.05, 3.63) is 77.0 Å². The number of hydrogen-bond donors (Lipinski definition) is 1. The van der Waals surface area contributed by atoms with E-state index in [0.717, 1.165) is 86.6 Å². The smallest absolute Gasteiger partial charge is 0.318 e. The molecule has 6 rings (SSSR count). The fourth-order valence-electron chi connectivity index (χ4n) is 6.54. The number of carbonyl (C=O) groups excluding carboxylic acids is 1. The van der Waals surface area contributed by atoms with Gasteiger partial charge in [-0.05, 0) is 66.6 Å². The van der Waals surface area contributed by atoms with E-state index < -0.39 is 0 Å². The van der Waals surface area contributed by atoms with Gasteiger partial charge in [0.1, 0.15) is 11.6 Å². The maximum Gasteiger partial charge on any atom is 0.318 e. The number of benzene rings is 2. The second-order valence-corrected chi connectivity index (χ2v) is 11.9. The van der Waals surface area contributed by atoms with Crippen LogP contribution in [-0.2, 0) is 28.8 Å². The maximum atomic E-state index is 12.2. The van der Waals surface area contributed by atoms with E-state index >= 15 is 0 Å². The molecule has 232 valence electrons. The van der Waals surface area contributed by atoms with Crippen molar-refractivity contribution >= 4 is 22.5 Å². The Bertz CT molecular complexity index is 1540. The molecule has 1 N–H and O–H groups in total. The van der Waals surface area contributed by atoms with Crippen LogP contribution in [0.4, 0.5) is 5.82 Å². The lowest BCUT2D eigenvalue weighted by Crippen LogP contribution is -2.49. The molecule has 2 aromatic carbocycles. The van der Waals surface area contributed by atoms with E-state index in [-0.39, 0.29) is 5.91 Å². The van der Waals surface area contributed by atoms with Gasteiger partial charge in [0.05, 0.1) is 25.5 Å². The van der Waals surface area contributed by atoms with Crippen molar-refractivity contribution in [1.29, 1.82) is 0 Å². The van der Waals surface area contributed by atoms with Gasteiger partial charge in [-0.1, -0.05) is 42.5 Å². The van der Waals surface area contributed by atoms with Crippen molar-refractivity contribution in [3.8, 4) is 11.8 Å². The molecule has 3 heterocycles. The number of piperazine rings is 1. The molecule has 0 saturated carbocycles. The molecule has 9 heteroatoms. The standard InChI is InChI=1S/C35H43N5O4/c1-3-33(42)39-14-16-40(17-15-39)34-29-11-9-26(23-30-25(2)32(41)24-27-7-4-5-8-28(27)30)10-12-31(29)36-35(37-34)44-20-6-13-38-18-21-43-22-19-38/h3-5,7-8,10,24,41H,1,6,9,11-23H2,2H3. The summed E-state index contributed by atoms with van der Waals surface area (Å²) in [7, 11) is 0. The number of nitrogens with zero attached hydrogens (tertiary/aromatic N) is 5. The normalized spacial score (nSPS) is 17.6. The van der Waals surface area contributed by atoms with Gasteiger partial charge < -0.3 is 24.4 Å². The number of phenolic OH excluding ortho intramolecular Hbond substituents is 1. The minimum Gasteiger partial charge on any atom is -0.508 e. The van der Waals surface area contributed by atoms with E-state index in [4.69, 9.17) is 19.4 Å². The molecule has 9 nitrogen and oxygen atoms in total. The van der Waals surface area contributed by atoms with Gasteiger partial charge in [0, 0.05) is 57.8 Å². The van der Waals surface area contributed by atoms with Crippen LogP contribution in [0.25, 0.3) is 10.8 Å². The van der Waals surface area contributed by atoms with Crippen LogP contribution < -0.4 is 9.64 Å². The fourth-order valence-corrected chi connectivity index (χ4v) is 6.54. The van der Waals surface area contributed by atoms with E-state index in [1.807, 2.05) is 24.0 Å². The third-order valence-electron chi connectivity index (χ3n) is 9.17. The van der Waals surface area contributed by atoms with E-state index in [0.29, 0.717) is 51.0 Å². The maximum absolute atomic E-state index is 12.2. The van der Waals surface area contributed by atoms with E-state index in [1.165, 1.54) is 22.6 Å². The quantitative estimate of drug-likeness (QED) is 0.223. The van der Waals surface area contributed by atoms with Gasteiger partial charge in [-0.2, -0.15) is 9.97 Å². The molecule has 2 fully saturated rings. The first kappa shape index (κ1) is 30.1. The first-order chi connectivity index (χ1) is 21.5. The summed E-state index contributed by atoms with van der Waals surface area (Å²) in [5.41, 5.74) is 5.62. The summed E-state index contributed by atoms with van der Waals surface area (Å²) in [6.45, 7) is 13.4. The minimum atomic E-state index is -0.0286. The van der Waals surface area contributed by atoms with Gasteiger partial charge in [0.15, 0.2) is 0 Å². The number of aromatic nitrogens is 2. The fraction of sp³-hybridized carbons (Fsp3) is 0.457. The van der Waals surface area contributed by atoms with Crippen LogP contribution >= 0.6 is 0 Å². The number of hydrogen-bond acceptors (Lipinski definition) is 8. The number of aromatic hydroxyl groups is 1. The average Bonchev–Trinajstić information content (AvgIpc) is 3.27. The second kappa shape index (κ2) is 13.8. The number of allylic oxidation sites excluding steroid dienone is 2. The van der Waals surface area contributed by atoms with Crippen LogP contribution in [0, 0.1) is 6.92 Å². The number of fused-ring (bicyclic) bond motifs is 2. The number of amides is 1. The lowest BCUT2D eigenvalue weighted by Gasteiger charge is -2.36. The first-order valence-corrected chi connectivity index (χ1v) is 15.9. The zero-order chi connectivity index (χ0) is 30.5. The molecule has 0 radical (unpaired) electrons. The second-order valence-electron chi connectivity index (χ2n) is 11.9. The summed E-state index contributed by atoms with van der Waals surface area (Å²) >= 11 is 0. The molecule has 3 aliphatic rings. The van der Waals surface area contributed by atoms with Gasteiger partial charge in [-0.3, -0.25) is 9.69 Å². The monoisotopic (exact) mass is 597 g/mol. The Labute approximate surface area is 259 Å². The molecule has 2 saturated heterocycles. The first-order valence-electron chi connectivity index (χ1n) is 15.9. The summed E-state index contributed by atoms with van der Waals surface area (Å²) in [6.07, 6.45) is 7.81. The van der Waals surface area contributed by atoms with Gasteiger partial charge in [-0.15, -0.1) is 0 Å². The highest BCUT2D eigenvalue weighted by molar-refractivity contribution is 5.89. The molecular formula is C35H43N5O4. The number of rotatable bonds is 9. The predicted octanol–water partition coefficient (Wildman–Crippen LogP) is 4.24. The average molecular weight is 598 g/mol. The third kappa shape index (κ3) is 6.74. The van der Waals surface area contributed by atoms with E-state index in [9.17, 15) is 9.90 Å². The predicted molar refractivity (Wildman–Crippen MR) is 173 cm³/mol. The molecule has 3 aromatic rings. The van der Waals surface area contributed by atoms with Crippen molar-refractivity contribution < 1.29 is 19.4 Å². The third-order valence-corrected chi connectivity index (χ3v) is 9.17. The van der Waals surface area contributed by atoms with Crippen LogP contribution in [0.5, 0.6) is 11.8 Å². The molecule has 44 heavy (non-hydrogen) atoms. The van der Waals surface area contributed by atoms with Gasteiger partial charge in [0.25, 0.3) is 0 Å². The molecule has 0 atom stereocenters. The van der Waals surface area contributed by atoms with E-state index in [1.54, 1.807) is 0 Å². The Balaban J connectivity index is 1.22. The Morgan fingerprint density at radius 2 is 1.89 bits per heavy atom. The van der Waals surface area contributed by atoms with Crippen molar-refractivity contribution in [2.75, 3.05) is 70.5 Å². The highest BCUT2D eigenvalue weighted by Gasteiger charge is 2.26. The summed E-state index contributed by atoms with van der Waals surface area (Å²) in [5, 5.41) is 12.9. The van der Waals surface area contributed by atoms with Crippen LogP contribution in [0.1, 0.15) is 35.2 Å². The molecule has 1 amide bonds. The molecule has 2 aliphatic heterocycles. The molecule has 1 aliphatic carbocycles. The van der Waals surface area contributed by atoms with Gasteiger partial charge >= 0.3 is 6.01 Å². The number of morpholine rings is 1. The summed E-state index contributed by atoms with van der Waals surface area (Å²) < 4.78 is 11.6. The molecule has 0 bridgehead atoms. The zero-order valence-corrected chi connectivity index (χ0v) is 25.8.